The molecule has 0 aliphatic heterocycles. The van der Waals surface area contributed by atoms with Crippen molar-refractivity contribution in [1.29, 1.82) is 0 Å². The zero-order valence-electron chi connectivity index (χ0n) is 22.8. The summed E-state index contributed by atoms with van der Waals surface area (Å²) in [5, 5.41) is 41.0. The standard InChI is InChI=1S/C30H50O4/c1-21(2)13-15-29(33)25(7)19-27(31)17-23(5)11-9-10-12-24(6)18-28(32)20-26(8)30(34)16-14-22(3)4/h11-14,19-20,27-34H,9-10,15-18H2,1-8H3/b23-11+,24-12+,25-19+,26-20+/t27-,28-,29-,30-/m1/s1. The first-order chi connectivity index (χ1) is 15.8. The van der Waals surface area contributed by atoms with Crippen molar-refractivity contribution in [2.24, 2.45) is 0 Å². The molecule has 4 nitrogen and oxygen atoms in total. The van der Waals surface area contributed by atoms with Crippen LogP contribution in [-0.2, 0) is 0 Å². The van der Waals surface area contributed by atoms with Crippen molar-refractivity contribution in [3.05, 3.63) is 69.9 Å². The SMILES string of the molecule is CC(C)=CC[C@@H](O)/C(C)=C/[C@H](O)C/C(C)=C/CC/C=C(\C)C[C@@H](O)/C=C(\C)[C@H](O)CC=C(C)C. The van der Waals surface area contributed by atoms with E-state index >= 15 is 0 Å². The van der Waals surface area contributed by atoms with E-state index in [9.17, 15) is 20.4 Å². The van der Waals surface area contributed by atoms with E-state index < -0.39 is 24.4 Å². The largest absolute Gasteiger partial charge is 0.389 e. The van der Waals surface area contributed by atoms with Gasteiger partial charge >= 0.3 is 0 Å². The first-order valence-electron chi connectivity index (χ1n) is 12.5. The molecule has 0 fully saturated rings. The van der Waals surface area contributed by atoms with Crippen molar-refractivity contribution in [2.45, 2.75) is 118 Å². The van der Waals surface area contributed by atoms with Gasteiger partial charge in [-0.3, -0.25) is 0 Å². The summed E-state index contributed by atoms with van der Waals surface area (Å²) in [5.41, 5.74) is 6.17. The van der Waals surface area contributed by atoms with Gasteiger partial charge in [-0.2, -0.15) is 0 Å². The van der Waals surface area contributed by atoms with Crippen LogP contribution in [0.15, 0.2) is 69.9 Å². The molecule has 4 heteroatoms. The van der Waals surface area contributed by atoms with Gasteiger partial charge in [-0.15, -0.1) is 0 Å². The predicted octanol–water partition coefficient (Wildman–Crippen LogP) is 6.49. The number of hydrogen-bond donors (Lipinski definition) is 4. The molecule has 0 heterocycles. The van der Waals surface area contributed by atoms with E-state index in [0.29, 0.717) is 25.7 Å². The minimum atomic E-state index is -0.605. The molecule has 0 aromatic carbocycles. The van der Waals surface area contributed by atoms with E-state index in [1.54, 1.807) is 12.2 Å². The Balaban J connectivity index is 4.57. The van der Waals surface area contributed by atoms with Crippen molar-refractivity contribution in [3.63, 3.8) is 0 Å². The van der Waals surface area contributed by atoms with Gasteiger partial charge in [-0.25, -0.2) is 0 Å². The van der Waals surface area contributed by atoms with Crippen molar-refractivity contribution in [3.8, 4) is 0 Å². The van der Waals surface area contributed by atoms with Crippen LogP contribution in [-0.4, -0.2) is 44.8 Å². The fourth-order valence-corrected chi connectivity index (χ4v) is 3.50. The highest BCUT2D eigenvalue weighted by molar-refractivity contribution is 5.14. The lowest BCUT2D eigenvalue weighted by molar-refractivity contribution is 0.199. The average Bonchev–Trinajstić information content (AvgIpc) is 2.72. The zero-order valence-corrected chi connectivity index (χ0v) is 22.8. The Hall–Kier alpha value is -1.72. The average molecular weight is 475 g/mol. The van der Waals surface area contributed by atoms with Crippen LogP contribution in [0.2, 0.25) is 0 Å². The first kappa shape index (κ1) is 32.3. The maximum absolute atomic E-state index is 10.3. The second-order valence-electron chi connectivity index (χ2n) is 10.1. The van der Waals surface area contributed by atoms with Crippen LogP contribution in [0.5, 0.6) is 0 Å². The lowest BCUT2D eigenvalue weighted by atomic mass is 10.0. The smallest absolute Gasteiger partial charge is 0.0782 e. The normalized spacial score (nSPS) is 17.2. The molecule has 34 heavy (non-hydrogen) atoms. The topological polar surface area (TPSA) is 80.9 Å². The van der Waals surface area contributed by atoms with Crippen molar-refractivity contribution in [2.75, 3.05) is 0 Å². The number of hydrogen-bond acceptors (Lipinski definition) is 4. The van der Waals surface area contributed by atoms with Gasteiger partial charge in [0.1, 0.15) is 0 Å². The molecule has 4 atom stereocenters. The van der Waals surface area contributed by atoms with Crippen LogP contribution in [0.1, 0.15) is 93.9 Å². The van der Waals surface area contributed by atoms with Gasteiger partial charge in [0, 0.05) is 0 Å². The third kappa shape index (κ3) is 16.8. The fraction of sp³-hybridized carbons (Fsp3) is 0.600. The number of aliphatic hydroxyl groups excluding tert-OH is 4. The highest BCUT2D eigenvalue weighted by Gasteiger charge is 2.09. The lowest BCUT2D eigenvalue weighted by Crippen LogP contribution is -2.11. The predicted molar refractivity (Wildman–Crippen MR) is 146 cm³/mol. The Labute approximate surface area is 208 Å². The van der Waals surface area contributed by atoms with Gasteiger partial charge < -0.3 is 20.4 Å². The van der Waals surface area contributed by atoms with Gasteiger partial charge in [0.05, 0.1) is 24.4 Å². The van der Waals surface area contributed by atoms with Crippen molar-refractivity contribution in [1.82, 2.24) is 0 Å². The highest BCUT2D eigenvalue weighted by atomic mass is 16.3. The number of unbranched alkanes of at least 4 members (excludes halogenated alkanes) is 1. The van der Waals surface area contributed by atoms with Gasteiger partial charge in [-0.05, 0) is 105 Å². The number of allylic oxidation sites excluding steroid dienone is 4. The van der Waals surface area contributed by atoms with Gasteiger partial charge in [0.15, 0.2) is 0 Å². The van der Waals surface area contributed by atoms with Crippen LogP contribution in [0, 0.1) is 0 Å². The molecule has 0 bridgehead atoms. The summed E-state index contributed by atoms with van der Waals surface area (Å²) in [6.07, 6.45) is 13.4. The van der Waals surface area contributed by atoms with Crippen molar-refractivity contribution < 1.29 is 20.4 Å². The molecule has 0 aromatic heterocycles. The minimum Gasteiger partial charge on any atom is -0.389 e. The van der Waals surface area contributed by atoms with Crippen LogP contribution >= 0.6 is 0 Å². The highest BCUT2D eigenvalue weighted by Crippen LogP contribution is 2.16. The van der Waals surface area contributed by atoms with E-state index in [2.05, 4.69) is 12.2 Å². The lowest BCUT2D eigenvalue weighted by Gasteiger charge is -2.13. The molecular weight excluding hydrogens is 424 g/mol. The molecule has 0 aromatic rings. The second-order valence-corrected chi connectivity index (χ2v) is 10.1. The van der Waals surface area contributed by atoms with E-state index in [-0.39, 0.29) is 0 Å². The molecule has 0 saturated carbocycles. The summed E-state index contributed by atoms with van der Waals surface area (Å²) < 4.78 is 0. The van der Waals surface area contributed by atoms with Crippen LogP contribution in [0.25, 0.3) is 0 Å². The van der Waals surface area contributed by atoms with Gasteiger partial charge in [0.2, 0.25) is 0 Å². The zero-order chi connectivity index (χ0) is 26.3. The summed E-state index contributed by atoms with van der Waals surface area (Å²) in [7, 11) is 0. The summed E-state index contributed by atoms with van der Waals surface area (Å²) in [6, 6.07) is 0. The summed E-state index contributed by atoms with van der Waals surface area (Å²) in [5.74, 6) is 0. The van der Waals surface area contributed by atoms with Gasteiger partial charge in [0.25, 0.3) is 0 Å². The van der Waals surface area contributed by atoms with Crippen LogP contribution in [0.4, 0.5) is 0 Å². The summed E-state index contributed by atoms with van der Waals surface area (Å²) >= 11 is 0. The maximum atomic E-state index is 10.3. The third-order valence-corrected chi connectivity index (χ3v) is 5.67. The summed E-state index contributed by atoms with van der Waals surface area (Å²) in [4.78, 5) is 0. The quantitative estimate of drug-likeness (QED) is 0.162. The maximum Gasteiger partial charge on any atom is 0.0782 e. The Morgan fingerprint density at radius 1 is 0.529 bits per heavy atom. The molecular formula is C30H50O4. The fourth-order valence-electron chi connectivity index (χ4n) is 3.50. The second kappa shape index (κ2) is 17.7. The molecule has 0 spiro atoms. The van der Waals surface area contributed by atoms with Crippen molar-refractivity contribution >= 4 is 0 Å². The van der Waals surface area contributed by atoms with E-state index in [1.807, 2.05) is 67.5 Å². The molecule has 0 amide bonds. The molecule has 0 aliphatic rings. The third-order valence-electron chi connectivity index (χ3n) is 5.67. The molecule has 0 unspecified atom stereocenters. The monoisotopic (exact) mass is 474 g/mol. The Morgan fingerprint density at radius 2 is 0.853 bits per heavy atom. The number of aliphatic hydroxyl groups is 4. The Kier molecular flexibility index (Phi) is 16.8. The van der Waals surface area contributed by atoms with E-state index in [0.717, 1.165) is 35.1 Å². The Morgan fingerprint density at radius 3 is 1.15 bits per heavy atom. The molecule has 194 valence electrons. The van der Waals surface area contributed by atoms with Gasteiger partial charge in [-0.1, -0.05) is 58.7 Å². The molecule has 0 radical (unpaired) electrons. The molecule has 0 aliphatic carbocycles. The summed E-state index contributed by atoms with van der Waals surface area (Å²) in [6.45, 7) is 15.8. The van der Waals surface area contributed by atoms with Crippen LogP contribution < -0.4 is 0 Å². The first-order valence-corrected chi connectivity index (χ1v) is 12.5. The molecule has 0 saturated heterocycles. The number of rotatable bonds is 15. The molecule has 4 N–H and O–H groups in total. The van der Waals surface area contributed by atoms with E-state index in [4.69, 9.17) is 0 Å². The van der Waals surface area contributed by atoms with E-state index in [1.165, 1.54) is 11.1 Å². The minimum absolute atomic E-state index is 0.549. The Bertz CT molecular complexity index is 706. The molecule has 0 rings (SSSR count). The van der Waals surface area contributed by atoms with Crippen LogP contribution in [0.3, 0.4) is 0 Å².